The van der Waals surface area contributed by atoms with Crippen LogP contribution in [0.4, 0.5) is 0 Å². The third-order valence-electron chi connectivity index (χ3n) is 6.09. The Labute approximate surface area is 185 Å². The number of amides is 1. The highest BCUT2D eigenvalue weighted by molar-refractivity contribution is 6.04. The van der Waals surface area contributed by atoms with E-state index in [1.165, 1.54) is 6.42 Å². The molecule has 5 rings (SSSR count). The molecular weight excluding hydrogens is 404 g/mol. The minimum atomic E-state index is -0.200. The normalized spacial score (nSPS) is 13.8. The molecule has 164 valence electrons. The van der Waals surface area contributed by atoms with Gasteiger partial charge in [0.25, 0.3) is 11.5 Å². The molecule has 0 atom stereocenters. The van der Waals surface area contributed by atoms with Crippen molar-refractivity contribution in [3.63, 3.8) is 0 Å². The second kappa shape index (κ2) is 8.18. The summed E-state index contributed by atoms with van der Waals surface area (Å²) < 4.78 is 2.17. The van der Waals surface area contributed by atoms with Crippen molar-refractivity contribution in [1.29, 1.82) is 0 Å². The van der Waals surface area contributed by atoms with Gasteiger partial charge in [-0.05, 0) is 44.9 Å². The predicted octanol–water partition coefficient (Wildman–Crippen LogP) is 3.36. The monoisotopic (exact) mass is 430 g/mol. The molecule has 1 aliphatic rings. The van der Waals surface area contributed by atoms with Gasteiger partial charge in [0, 0.05) is 25.2 Å². The lowest BCUT2D eigenvalue weighted by atomic mass is 10.1. The molecule has 8 heteroatoms. The number of aromatic nitrogens is 5. The quantitative estimate of drug-likeness (QED) is 0.535. The number of fused-ring (bicyclic) bond motifs is 4. The summed E-state index contributed by atoms with van der Waals surface area (Å²) in [6.07, 6.45) is 4.29. The number of hydrogen-bond donors (Lipinski definition) is 1. The summed E-state index contributed by atoms with van der Waals surface area (Å²) in [4.78, 5) is 44.7. The summed E-state index contributed by atoms with van der Waals surface area (Å²) in [6, 6.07) is 9.02. The number of carbonyl (C=O) groups excluding carboxylic acids is 1. The molecule has 0 fully saturated rings. The van der Waals surface area contributed by atoms with Crippen LogP contribution in [0.2, 0.25) is 0 Å². The number of rotatable bonds is 4. The van der Waals surface area contributed by atoms with Crippen LogP contribution in [-0.4, -0.2) is 41.9 Å². The van der Waals surface area contributed by atoms with Crippen molar-refractivity contribution in [3.05, 3.63) is 63.6 Å². The molecule has 0 saturated carbocycles. The Bertz CT molecular complexity index is 1390. The van der Waals surface area contributed by atoms with Crippen LogP contribution < -0.4 is 5.56 Å². The molecule has 0 spiro atoms. The van der Waals surface area contributed by atoms with Gasteiger partial charge in [0.2, 0.25) is 0 Å². The van der Waals surface area contributed by atoms with E-state index in [0.717, 1.165) is 43.0 Å². The first-order valence-electron chi connectivity index (χ1n) is 11.2. The average Bonchev–Trinajstić information content (AvgIpc) is 2.97. The van der Waals surface area contributed by atoms with Gasteiger partial charge in [0.05, 0.1) is 23.0 Å². The molecule has 4 aromatic rings. The van der Waals surface area contributed by atoms with E-state index >= 15 is 0 Å². The van der Waals surface area contributed by atoms with Gasteiger partial charge in [-0.1, -0.05) is 18.6 Å². The van der Waals surface area contributed by atoms with Gasteiger partial charge in [-0.15, -0.1) is 0 Å². The minimum absolute atomic E-state index is 0.132. The lowest BCUT2D eigenvalue weighted by molar-refractivity contribution is 0.0750. The molecule has 8 nitrogen and oxygen atoms in total. The first-order valence-corrected chi connectivity index (χ1v) is 11.2. The number of imidazole rings is 1. The minimum Gasteiger partial charge on any atom is -0.331 e. The first kappa shape index (κ1) is 20.4. The van der Waals surface area contributed by atoms with Crippen LogP contribution in [0.15, 0.2) is 35.1 Å². The second-order valence-corrected chi connectivity index (χ2v) is 8.32. The van der Waals surface area contributed by atoms with Gasteiger partial charge in [0.1, 0.15) is 17.2 Å². The fourth-order valence-electron chi connectivity index (χ4n) is 4.47. The second-order valence-electron chi connectivity index (χ2n) is 8.32. The SMILES string of the molecule is CCN(Cc1nc2ccccc2c(=O)[nH]1)C(=O)c1cc(C)nc2c1nc1n2CCCCC1. The van der Waals surface area contributed by atoms with Crippen LogP contribution in [0.3, 0.4) is 0 Å². The number of H-pyrrole nitrogens is 1. The first-order chi connectivity index (χ1) is 15.5. The molecule has 0 aliphatic carbocycles. The maximum absolute atomic E-state index is 13.6. The number of benzene rings is 1. The highest BCUT2D eigenvalue weighted by atomic mass is 16.2. The van der Waals surface area contributed by atoms with Crippen LogP contribution in [0.1, 0.15) is 53.9 Å². The van der Waals surface area contributed by atoms with Crippen molar-refractivity contribution in [1.82, 2.24) is 29.4 Å². The Balaban J connectivity index is 1.53. The molecule has 0 bridgehead atoms. The highest BCUT2D eigenvalue weighted by Crippen LogP contribution is 2.25. The zero-order chi connectivity index (χ0) is 22.2. The summed E-state index contributed by atoms with van der Waals surface area (Å²) in [7, 11) is 0. The molecule has 1 aliphatic heterocycles. The van der Waals surface area contributed by atoms with E-state index in [1.807, 2.05) is 32.0 Å². The lowest BCUT2D eigenvalue weighted by Gasteiger charge is -2.21. The average molecular weight is 431 g/mol. The van der Waals surface area contributed by atoms with E-state index in [0.29, 0.717) is 34.4 Å². The van der Waals surface area contributed by atoms with Crippen LogP contribution in [0.5, 0.6) is 0 Å². The predicted molar refractivity (Wildman–Crippen MR) is 123 cm³/mol. The largest absolute Gasteiger partial charge is 0.331 e. The van der Waals surface area contributed by atoms with Crippen LogP contribution >= 0.6 is 0 Å². The van der Waals surface area contributed by atoms with Crippen LogP contribution in [-0.2, 0) is 19.5 Å². The number of hydrogen-bond acceptors (Lipinski definition) is 5. The molecule has 4 heterocycles. The lowest BCUT2D eigenvalue weighted by Crippen LogP contribution is -2.32. The molecule has 3 aromatic heterocycles. The number of aromatic amines is 1. The maximum Gasteiger partial charge on any atom is 0.258 e. The summed E-state index contributed by atoms with van der Waals surface area (Å²) >= 11 is 0. The Hall–Kier alpha value is -3.55. The van der Waals surface area contributed by atoms with E-state index in [9.17, 15) is 9.59 Å². The molecule has 0 unspecified atom stereocenters. The smallest absolute Gasteiger partial charge is 0.258 e. The van der Waals surface area contributed by atoms with Crippen molar-refractivity contribution in [2.24, 2.45) is 0 Å². The fourth-order valence-corrected chi connectivity index (χ4v) is 4.47. The van der Waals surface area contributed by atoms with Crippen molar-refractivity contribution < 1.29 is 4.79 Å². The topological polar surface area (TPSA) is 96.8 Å². The van der Waals surface area contributed by atoms with Gasteiger partial charge in [-0.25, -0.2) is 15.0 Å². The number of nitrogens with one attached hydrogen (secondary N) is 1. The molecule has 1 aromatic carbocycles. The standard InChI is InChI=1S/C24H26N6O2/c1-3-29(14-19-26-18-10-7-6-9-16(18)23(31)27-19)24(32)17-13-15(2)25-22-21(17)28-20-11-5-4-8-12-30(20)22/h6-7,9-10,13H,3-5,8,11-12,14H2,1-2H3,(H,26,27,31). The molecule has 1 N–H and O–H groups in total. The van der Waals surface area contributed by atoms with E-state index in [4.69, 9.17) is 9.97 Å². The van der Waals surface area contributed by atoms with E-state index in [1.54, 1.807) is 17.0 Å². The maximum atomic E-state index is 13.6. The summed E-state index contributed by atoms with van der Waals surface area (Å²) in [5, 5.41) is 0.539. The van der Waals surface area contributed by atoms with Crippen LogP contribution in [0.25, 0.3) is 22.1 Å². The third-order valence-corrected chi connectivity index (χ3v) is 6.09. The fraction of sp³-hybridized carbons (Fsp3) is 0.375. The zero-order valence-corrected chi connectivity index (χ0v) is 18.4. The number of nitrogens with zero attached hydrogens (tertiary/aromatic N) is 5. The Morgan fingerprint density at radius 1 is 1.16 bits per heavy atom. The van der Waals surface area contributed by atoms with Gasteiger partial charge in [-0.2, -0.15) is 0 Å². The number of carbonyl (C=O) groups is 1. The molecule has 0 saturated heterocycles. The zero-order valence-electron chi connectivity index (χ0n) is 18.4. The van der Waals surface area contributed by atoms with Gasteiger partial charge in [0.15, 0.2) is 5.65 Å². The van der Waals surface area contributed by atoms with Crippen molar-refractivity contribution in [3.8, 4) is 0 Å². The van der Waals surface area contributed by atoms with Gasteiger partial charge < -0.3 is 14.5 Å². The molecule has 32 heavy (non-hydrogen) atoms. The number of pyridine rings is 1. The Kier molecular flexibility index (Phi) is 5.20. The molecular formula is C24H26N6O2. The Morgan fingerprint density at radius 3 is 2.84 bits per heavy atom. The van der Waals surface area contributed by atoms with Gasteiger partial charge >= 0.3 is 0 Å². The number of para-hydroxylation sites is 1. The van der Waals surface area contributed by atoms with Crippen molar-refractivity contribution in [2.45, 2.75) is 52.6 Å². The number of aryl methyl sites for hydroxylation is 3. The van der Waals surface area contributed by atoms with E-state index in [-0.39, 0.29) is 18.0 Å². The van der Waals surface area contributed by atoms with Gasteiger partial charge in [-0.3, -0.25) is 9.59 Å². The van der Waals surface area contributed by atoms with Crippen molar-refractivity contribution in [2.75, 3.05) is 6.54 Å². The summed E-state index contributed by atoms with van der Waals surface area (Å²) in [6.45, 7) is 5.41. The highest BCUT2D eigenvalue weighted by Gasteiger charge is 2.24. The van der Waals surface area contributed by atoms with Crippen LogP contribution in [0, 0.1) is 6.92 Å². The van der Waals surface area contributed by atoms with Crippen molar-refractivity contribution >= 4 is 28.0 Å². The molecule has 0 radical (unpaired) electrons. The molecule has 1 amide bonds. The third kappa shape index (κ3) is 3.55. The Morgan fingerprint density at radius 2 is 2.00 bits per heavy atom. The summed E-state index contributed by atoms with van der Waals surface area (Å²) in [5.41, 5.74) is 3.22. The summed E-state index contributed by atoms with van der Waals surface area (Å²) in [5.74, 6) is 1.34. The van der Waals surface area contributed by atoms with E-state index < -0.39 is 0 Å². The van der Waals surface area contributed by atoms with E-state index in [2.05, 4.69) is 14.5 Å².